The van der Waals surface area contributed by atoms with E-state index in [1.165, 1.54) is 6.26 Å². The van der Waals surface area contributed by atoms with Crippen molar-refractivity contribution in [2.75, 3.05) is 26.4 Å². The van der Waals surface area contributed by atoms with Crippen molar-refractivity contribution in [1.82, 2.24) is 5.32 Å². The molecule has 0 spiro atoms. The van der Waals surface area contributed by atoms with Crippen LogP contribution < -0.4 is 5.32 Å². The second kappa shape index (κ2) is 7.31. The van der Waals surface area contributed by atoms with Crippen LogP contribution in [0.4, 0.5) is 0 Å². The van der Waals surface area contributed by atoms with Crippen LogP contribution in [0, 0.1) is 6.92 Å². The van der Waals surface area contributed by atoms with E-state index >= 15 is 0 Å². The summed E-state index contributed by atoms with van der Waals surface area (Å²) in [6, 6.07) is 1.78. The molecule has 1 aromatic heterocycles. The Hall–Kier alpha value is -1.33. The van der Waals surface area contributed by atoms with E-state index in [-0.39, 0.29) is 12.0 Å². The van der Waals surface area contributed by atoms with Crippen LogP contribution in [0.15, 0.2) is 16.7 Å². The van der Waals surface area contributed by atoms with E-state index in [0.717, 1.165) is 31.4 Å². The van der Waals surface area contributed by atoms with Crippen LogP contribution in [0.2, 0.25) is 0 Å². The summed E-state index contributed by atoms with van der Waals surface area (Å²) in [4.78, 5) is 11.7. The third-order valence-corrected chi connectivity index (χ3v) is 3.15. The lowest BCUT2D eigenvalue weighted by atomic mass is 10.2. The summed E-state index contributed by atoms with van der Waals surface area (Å²) >= 11 is 0. The Kier molecular flexibility index (Phi) is 5.42. The molecule has 0 radical (unpaired) electrons. The van der Waals surface area contributed by atoms with Crippen molar-refractivity contribution in [3.63, 3.8) is 0 Å². The smallest absolute Gasteiger partial charge is 0.287 e. The van der Waals surface area contributed by atoms with Crippen molar-refractivity contribution in [1.29, 1.82) is 0 Å². The monoisotopic (exact) mass is 267 g/mol. The Morgan fingerprint density at radius 1 is 1.58 bits per heavy atom. The van der Waals surface area contributed by atoms with Gasteiger partial charge >= 0.3 is 0 Å². The van der Waals surface area contributed by atoms with Gasteiger partial charge in [0.15, 0.2) is 5.76 Å². The lowest BCUT2D eigenvalue weighted by Crippen LogP contribution is -2.25. The van der Waals surface area contributed by atoms with Gasteiger partial charge in [0.1, 0.15) is 0 Å². The number of hydrogen-bond acceptors (Lipinski definition) is 4. The third-order valence-electron chi connectivity index (χ3n) is 3.15. The molecule has 1 N–H and O–H groups in total. The largest absolute Gasteiger partial charge is 0.459 e. The van der Waals surface area contributed by atoms with Gasteiger partial charge in [-0.25, -0.2) is 0 Å². The minimum atomic E-state index is -0.165. The molecular formula is C14H21NO4. The topological polar surface area (TPSA) is 60.7 Å². The zero-order valence-electron chi connectivity index (χ0n) is 11.3. The molecule has 2 heterocycles. The fourth-order valence-electron chi connectivity index (χ4n) is 2.05. The number of hydrogen-bond donors (Lipinski definition) is 1. The van der Waals surface area contributed by atoms with Crippen molar-refractivity contribution in [3.8, 4) is 0 Å². The van der Waals surface area contributed by atoms with Gasteiger partial charge in [0.05, 0.1) is 19.0 Å². The summed E-state index contributed by atoms with van der Waals surface area (Å²) in [6.45, 7) is 4.59. The predicted molar refractivity (Wildman–Crippen MR) is 70.2 cm³/mol. The van der Waals surface area contributed by atoms with Gasteiger partial charge in [-0.1, -0.05) is 0 Å². The van der Waals surface area contributed by atoms with Crippen molar-refractivity contribution >= 4 is 5.91 Å². The highest BCUT2D eigenvalue weighted by Gasteiger charge is 2.15. The van der Waals surface area contributed by atoms with E-state index in [4.69, 9.17) is 13.9 Å². The first kappa shape index (κ1) is 14.1. The molecule has 1 unspecified atom stereocenters. The number of carbonyl (C=O) groups is 1. The fourth-order valence-corrected chi connectivity index (χ4v) is 2.05. The summed E-state index contributed by atoms with van der Waals surface area (Å²) in [5, 5.41) is 2.81. The highest BCUT2D eigenvalue weighted by atomic mass is 16.5. The fraction of sp³-hybridized carbons (Fsp3) is 0.643. The van der Waals surface area contributed by atoms with Crippen LogP contribution in [0.1, 0.15) is 35.4 Å². The predicted octanol–water partition coefficient (Wildman–Crippen LogP) is 1.90. The lowest BCUT2D eigenvalue weighted by Gasteiger charge is -2.10. The summed E-state index contributed by atoms with van der Waals surface area (Å²) in [5.74, 6) is 0.224. The van der Waals surface area contributed by atoms with E-state index in [1.807, 2.05) is 6.92 Å². The van der Waals surface area contributed by atoms with Crippen LogP contribution in [0.5, 0.6) is 0 Å². The molecule has 0 saturated carbocycles. The number of nitrogens with one attached hydrogen (secondary N) is 1. The number of aryl methyl sites for hydroxylation is 1. The molecule has 0 bridgehead atoms. The molecule has 1 aliphatic rings. The van der Waals surface area contributed by atoms with Crippen LogP contribution in [0.25, 0.3) is 0 Å². The molecule has 1 aromatic rings. The van der Waals surface area contributed by atoms with E-state index in [9.17, 15) is 4.79 Å². The summed E-state index contributed by atoms with van der Waals surface area (Å²) in [6.07, 6.45) is 4.80. The van der Waals surface area contributed by atoms with Gasteiger partial charge in [-0.3, -0.25) is 4.79 Å². The zero-order valence-corrected chi connectivity index (χ0v) is 11.3. The number of amides is 1. The first-order valence-corrected chi connectivity index (χ1v) is 6.79. The SMILES string of the molecule is Cc1ccoc1C(=O)NCCCOCC1CCCO1. The van der Waals surface area contributed by atoms with Crippen LogP contribution in [-0.4, -0.2) is 38.4 Å². The molecular weight excluding hydrogens is 246 g/mol. The van der Waals surface area contributed by atoms with Gasteiger partial charge in [0.25, 0.3) is 5.91 Å². The van der Waals surface area contributed by atoms with Crippen molar-refractivity contribution in [2.24, 2.45) is 0 Å². The second-order valence-electron chi connectivity index (χ2n) is 4.75. The molecule has 2 rings (SSSR count). The standard InChI is InChI=1S/C14H21NO4/c1-11-5-9-19-13(11)14(16)15-6-3-7-17-10-12-4-2-8-18-12/h5,9,12H,2-4,6-8,10H2,1H3,(H,15,16). The Labute approximate surface area is 113 Å². The summed E-state index contributed by atoms with van der Waals surface area (Å²) < 4.78 is 16.1. The molecule has 0 aliphatic carbocycles. The van der Waals surface area contributed by atoms with Gasteiger partial charge in [0, 0.05) is 25.3 Å². The highest BCUT2D eigenvalue weighted by molar-refractivity contribution is 5.92. The number of carbonyl (C=O) groups excluding carboxylic acids is 1. The van der Waals surface area contributed by atoms with Gasteiger partial charge in [-0.05, 0) is 32.3 Å². The number of rotatable bonds is 7. The molecule has 19 heavy (non-hydrogen) atoms. The van der Waals surface area contributed by atoms with Crippen molar-refractivity contribution in [3.05, 3.63) is 23.7 Å². The van der Waals surface area contributed by atoms with E-state index in [1.54, 1.807) is 6.07 Å². The second-order valence-corrected chi connectivity index (χ2v) is 4.75. The van der Waals surface area contributed by atoms with E-state index in [2.05, 4.69) is 5.32 Å². The molecule has 5 heteroatoms. The Morgan fingerprint density at radius 2 is 2.47 bits per heavy atom. The molecule has 106 valence electrons. The van der Waals surface area contributed by atoms with Crippen molar-refractivity contribution < 1.29 is 18.7 Å². The van der Waals surface area contributed by atoms with Gasteiger partial charge < -0.3 is 19.2 Å². The maximum absolute atomic E-state index is 11.7. The van der Waals surface area contributed by atoms with Crippen LogP contribution >= 0.6 is 0 Å². The minimum absolute atomic E-state index is 0.165. The maximum atomic E-state index is 11.7. The van der Waals surface area contributed by atoms with E-state index in [0.29, 0.717) is 25.5 Å². The number of furan rings is 1. The Balaban J connectivity index is 1.52. The first-order chi connectivity index (χ1) is 9.27. The average molecular weight is 267 g/mol. The molecule has 0 aromatic carbocycles. The quantitative estimate of drug-likeness (QED) is 0.767. The zero-order chi connectivity index (χ0) is 13.5. The molecule has 1 atom stereocenters. The first-order valence-electron chi connectivity index (χ1n) is 6.79. The van der Waals surface area contributed by atoms with Crippen molar-refractivity contribution in [2.45, 2.75) is 32.3 Å². The maximum Gasteiger partial charge on any atom is 0.287 e. The lowest BCUT2D eigenvalue weighted by molar-refractivity contribution is 0.0166. The van der Waals surface area contributed by atoms with Gasteiger partial charge in [-0.15, -0.1) is 0 Å². The Morgan fingerprint density at radius 3 is 3.16 bits per heavy atom. The molecule has 1 amide bonds. The number of ether oxygens (including phenoxy) is 2. The normalized spacial score (nSPS) is 18.7. The molecule has 1 fully saturated rings. The minimum Gasteiger partial charge on any atom is -0.459 e. The molecule has 1 aliphatic heterocycles. The average Bonchev–Trinajstić information content (AvgIpc) is 3.04. The highest BCUT2D eigenvalue weighted by Crippen LogP contribution is 2.12. The molecule has 5 nitrogen and oxygen atoms in total. The van der Waals surface area contributed by atoms with Gasteiger partial charge in [0.2, 0.25) is 0 Å². The van der Waals surface area contributed by atoms with E-state index < -0.39 is 0 Å². The third kappa shape index (κ3) is 4.36. The Bertz CT molecular complexity index is 396. The van der Waals surface area contributed by atoms with Gasteiger partial charge in [-0.2, -0.15) is 0 Å². The van der Waals surface area contributed by atoms with Crippen LogP contribution in [-0.2, 0) is 9.47 Å². The molecule has 1 saturated heterocycles. The summed E-state index contributed by atoms with van der Waals surface area (Å²) in [7, 11) is 0. The van der Waals surface area contributed by atoms with Crippen LogP contribution in [0.3, 0.4) is 0 Å². The summed E-state index contributed by atoms with van der Waals surface area (Å²) in [5.41, 5.74) is 0.854.